The molecule has 0 bridgehead atoms. The number of rotatable bonds is 4. The van der Waals surface area contributed by atoms with Gasteiger partial charge in [0.1, 0.15) is 5.56 Å². The van der Waals surface area contributed by atoms with Crippen LogP contribution < -0.4 is 15.6 Å². The molecule has 0 fully saturated rings. The average molecular weight is 327 g/mol. The number of anilines is 1. The van der Waals surface area contributed by atoms with Crippen LogP contribution in [0.1, 0.15) is 10.4 Å². The van der Waals surface area contributed by atoms with Crippen molar-refractivity contribution in [3.8, 4) is 0 Å². The molecule has 0 aliphatic rings. The minimum Gasteiger partial charge on any atom is -0.364 e. The van der Waals surface area contributed by atoms with Crippen molar-refractivity contribution in [2.24, 2.45) is 5.73 Å². The number of amides is 2. The molecule has 2 aromatic rings. The van der Waals surface area contributed by atoms with E-state index in [2.05, 4.69) is 5.32 Å². The van der Waals surface area contributed by atoms with E-state index in [1.165, 1.54) is 0 Å². The molecule has 0 unspecified atom stereocenters. The molecule has 0 saturated heterocycles. The minimum atomic E-state index is -0.467. The first-order valence-electron chi connectivity index (χ1n) is 5.89. The number of primary amides is 1. The van der Waals surface area contributed by atoms with Crippen molar-refractivity contribution in [2.75, 3.05) is 5.32 Å². The summed E-state index contributed by atoms with van der Waals surface area (Å²) in [4.78, 5) is 22.9. The number of carbonyl (C=O) groups is 2. The number of aromatic nitrogens is 1. The van der Waals surface area contributed by atoms with Gasteiger partial charge in [0.2, 0.25) is 6.54 Å². The molecular weight excluding hydrogens is 313 g/mol. The summed E-state index contributed by atoms with van der Waals surface area (Å²) in [6, 6.07) is 10.1. The van der Waals surface area contributed by atoms with Gasteiger partial charge in [0.05, 0.1) is 0 Å². The summed E-state index contributed by atoms with van der Waals surface area (Å²) in [6.07, 6.45) is 3.24. The lowest BCUT2D eigenvalue weighted by molar-refractivity contribution is -0.684. The van der Waals surface area contributed by atoms with Gasteiger partial charge in [-0.3, -0.25) is 9.59 Å². The zero-order valence-corrected chi connectivity index (χ0v) is 12.5. The Morgan fingerprint density at radius 3 is 2.48 bits per heavy atom. The number of nitrogens with zero attached hydrogens (tertiary/aromatic N) is 1. The van der Waals surface area contributed by atoms with Gasteiger partial charge < -0.3 is 11.1 Å². The predicted octanol–water partition coefficient (Wildman–Crippen LogP) is 1.79. The highest BCUT2D eigenvalue weighted by atomic mass is 35.5. The van der Waals surface area contributed by atoms with E-state index in [1.54, 1.807) is 53.4 Å². The lowest BCUT2D eigenvalue weighted by Crippen LogP contribution is -2.41. The molecule has 1 aromatic carbocycles. The fraction of sp³-hybridized carbons (Fsp3) is 0.0714. The summed E-state index contributed by atoms with van der Waals surface area (Å²) >= 11 is 5.77. The zero-order valence-electron chi connectivity index (χ0n) is 11.0. The lowest BCUT2D eigenvalue weighted by atomic mass is 10.2. The highest BCUT2D eigenvalue weighted by Crippen LogP contribution is 2.14. The summed E-state index contributed by atoms with van der Waals surface area (Å²) in [5, 5.41) is 3.34. The van der Waals surface area contributed by atoms with E-state index >= 15 is 0 Å². The van der Waals surface area contributed by atoms with Gasteiger partial charge in [-0.05, 0) is 30.3 Å². The van der Waals surface area contributed by atoms with Crippen molar-refractivity contribution in [3.63, 3.8) is 0 Å². The molecule has 0 spiro atoms. The number of benzene rings is 1. The van der Waals surface area contributed by atoms with Crippen LogP contribution in [0.15, 0.2) is 48.8 Å². The molecule has 2 amide bonds. The number of halogens is 2. The van der Waals surface area contributed by atoms with Crippen molar-refractivity contribution in [1.29, 1.82) is 0 Å². The van der Waals surface area contributed by atoms with E-state index in [0.717, 1.165) is 0 Å². The molecule has 110 valence electrons. The Balaban J connectivity index is 0.00000220. The van der Waals surface area contributed by atoms with E-state index in [4.69, 9.17) is 17.3 Å². The van der Waals surface area contributed by atoms with Gasteiger partial charge in [-0.25, -0.2) is 0 Å². The number of hydrogen-bond acceptors (Lipinski definition) is 2. The molecule has 2 rings (SSSR count). The molecule has 0 atom stereocenters. The van der Waals surface area contributed by atoms with Gasteiger partial charge in [0.15, 0.2) is 12.4 Å². The van der Waals surface area contributed by atoms with Gasteiger partial charge >= 0.3 is 0 Å². The Morgan fingerprint density at radius 1 is 1.19 bits per heavy atom. The molecule has 0 radical (unpaired) electrons. The van der Waals surface area contributed by atoms with Gasteiger partial charge in [-0.15, -0.1) is 12.4 Å². The SMILES string of the molecule is Cl.NC(=O)C[n+]1cccc(C(=O)Nc2ccc(Cl)cc2)c1. The number of carbonyl (C=O) groups excluding carboxylic acids is 2. The van der Waals surface area contributed by atoms with Crippen LogP contribution in [0.25, 0.3) is 0 Å². The Morgan fingerprint density at radius 2 is 1.86 bits per heavy atom. The standard InChI is InChI=1S/C14H12ClN3O2.ClH/c15-11-3-5-12(6-4-11)17-14(20)10-2-1-7-18(8-10)9-13(16)19;/h1-8H,9H2,(H2-,16,17,19,20);1H/p+1. The van der Waals surface area contributed by atoms with Crippen molar-refractivity contribution < 1.29 is 14.2 Å². The lowest BCUT2D eigenvalue weighted by Gasteiger charge is -2.04. The second-order valence-corrected chi connectivity index (χ2v) is 4.63. The molecule has 0 aliphatic carbocycles. The smallest absolute Gasteiger partial charge is 0.283 e. The topological polar surface area (TPSA) is 76.1 Å². The summed E-state index contributed by atoms with van der Waals surface area (Å²) in [5.41, 5.74) is 6.19. The monoisotopic (exact) mass is 326 g/mol. The van der Waals surface area contributed by atoms with Crippen LogP contribution in [0.3, 0.4) is 0 Å². The van der Waals surface area contributed by atoms with Crippen LogP contribution in [-0.4, -0.2) is 11.8 Å². The number of pyridine rings is 1. The number of hydrogen-bond donors (Lipinski definition) is 2. The van der Waals surface area contributed by atoms with Crippen LogP contribution in [0.2, 0.25) is 5.02 Å². The molecule has 1 aromatic heterocycles. The van der Waals surface area contributed by atoms with E-state index in [1.807, 2.05) is 0 Å². The highest BCUT2D eigenvalue weighted by molar-refractivity contribution is 6.30. The number of nitrogens with two attached hydrogens (primary N) is 1. The van der Waals surface area contributed by atoms with E-state index in [9.17, 15) is 9.59 Å². The third kappa shape index (κ3) is 5.06. The fourth-order valence-corrected chi connectivity index (χ4v) is 1.80. The Hall–Kier alpha value is -2.11. The molecule has 7 heteroatoms. The van der Waals surface area contributed by atoms with E-state index in [-0.39, 0.29) is 24.9 Å². The van der Waals surface area contributed by atoms with Crippen LogP contribution in [0.5, 0.6) is 0 Å². The molecule has 0 saturated carbocycles. The van der Waals surface area contributed by atoms with E-state index < -0.39 is 5.91 Å². The van der Waals surface area contributed by atoms with Gasteiger partial charge in [0.25, 0.3) is 11.8 Å². The minimum absolute atomic E-state index is 0. The molecule has 3 N–H and O–H groups in total. The van der Waals surface area contributed by atoms with Gasteiger partial charge in [-0.2, -0.15) is 4.57 Å². The van der Waals surface area contributed by atoms with Crippen molar-refractivity contribution in [3.05, 3.63) is 59.4 Å². The van der Waals surface area contributed by atoms with Crippen LogP contribution in [0, 0.1) is 0 Å². The largest absolute Gasteiger partial charge is 0.364 e. The van der Waals surface area contributed by atoms with Crippen LogP contribution in [0.4, 0.5) is 5.69 Å². The maximum Gasteiger partial charge on any atom is 0.283 e. The first-order valence-corrected chi connectivity index (χ1v) is 6.27. The van der Waals surface area contributed by atoms with Gasteiger partial charge in [0, 0.05) is 16.8 Å². The van der Waals surface area contributed by atoms with Crippen molar-refractivity contribution in [2.45, 2.75) is 6.54 Å². The summed E-state index contributed by atoms with van der Waals surface area (Å²) in [5.74, 6) is -0.739. The maximum absolute atomic E-state index is 12.1. The Kier molecular flexibility index (Phi) is 6.14. The normalized spacial score (nSPS) is 9.57. The van der Waals surface area contributed by atoms with Crippen molar-refractivity contribution >= 4 is 41.5 Å². The second-order valence-electron chi connectivity index (χ2n) is 4.19. The zero-order chi connectivity index (χ0) is 14.5. The molecule has 21 heavy (non-hydrogen) atoms. The second kappa shape index (κ2) is 7.61. The molecule has 5 nitrogen and oxygen atoms in total. The van der Waals surface area contributed by atoms with Crippen LogP contribution in [-0.2, 0) is 11.3 Å². The summed E-state index contributed by atoms with van der Waals surface area (Å²) in [6.45, 7) is 0.0298. The first kappa shape index (κ1) is 16.9. The Labute approximate surface area is 133 Å². The fourth-order valence-electron chi connectivity index (χ4n) is 1.67. The average Bonchev–Trinajstić information content (AvgIpc) is 2.41. The maximum atomic E-state index is 12.1. The molecule has 0 aliphatic heterocycles. The van der Waals surface area contributed by atoms with Gasteiger partial charge in [-0.1, -0.05) is 11.6 Å². The first-order chi connectivity index (χ1) is 9.54. The summed E-state index contributed by atoms with van der Waals surface area (Å²) in [7, 11) is 0. The highest BCUT2D eigenvalue weighted by Gasteiger charge is 2.12. The Bertz CT molecular complexity index is 645. The quantitative estimate of drug-likeness (QED) is 0.840. The molecule has 1 heterocycles. The third-order valence-electron chi connectivity index (χ3n) is 2.56. The summed E-state index contributed by atoms with van der Waals surface area (Å²) < 4.78 is 1.55. The third-order valence-corrected chi connectivity index (χ3v) is 2.81. The predicted molar refractivity (Wildman–Crippen MR) is 82.5 cm³/mol. The molecular formula is C14H14Cl2N3O2+. The van der Waals surface area contributed by atoms with E-state index in [0.29, 0.717) is 16.3 Å². The number of nitrogens with one attached hydrogen (secondary N) is 1. The van der Waals surface area contributed by atoms with Crippen molar-refractivity contribution in [1.82, 2.24) is 0 Å². The van der Waals surface area contributed by atoms with Crippen LogP contribution >= 0.6 is 24.0 Å².